The van der Waals surface area contributed by atoms with Crippen LogP contribution in [0.4, 0.5) is 0 Å². The summed E-state index contributed by atoms with van der Waals surface area (Å²) in [5.41, 5.74) is 3.98. The van der Waals surface area contributed by atoms with Gasteiger partial charge in [-0.2, -0.15) is 8.42 Å². The molecule has 0 aliphatic carbocycles. The Morgan fingerprint density at radius 1 is 0.944 bits per heavy atom. The predicted octanol–water partition coefficient (Wildman–Crippen LogP) is 4.93. The predicted molar refractivity (Wildman–Crippen MR) is 142 cm³/mol. The van der Waals surface area contributed by atoms with E-state index in [1.165, 1.54) is 12.4 Å². The molecule has 0 fully saturated rings. The minimum absolute atomic E-state index is 0.144. The Kier molecular flexibility index (Phi) is 7.67. The number of nitrogens with zero attached hydrogens (tertiary/aromatic N) is 4. The van der Waals surface area contributed by atoms with Crippen LogP contribution in [0.15, 0.2) is 88.2 Å². The fraction of sp³-hybridized carbons (Fsp3) is 0.148. The minimum atomic E-state index is -3.78. The third kappa shape index (κ3) is 5.90. The average molecular weight is 521 g/mol. The molecule has 0 bridgehead atoms. The van der Waals surface area contributed by atoms with Gasteiger partial charge in [-0.15, -0.1) is 4.40 Å². The van der Waals surface area contributed by atoms with E-state index >= 15 is 0 Å². The maximum absolute atomic E-state index is 12.5. The van der Waals surface area contributed by atoms with Gasteiger partial charge in [-0.05, 0) is 35.2 Å². The molecule has 4 aromatic rings. The lowest BCUT2D eigenvalue weighted by molar-refractivity contribution is 0.111. The van der Waals surface area contributed by atoms with Crippen molar-refractivity contribution in [2.75, 3.05) is 14.1 Å². The number of aromatic nitrogens is 2. The van der Waals surface area contributed by atoms with Crippen molar-refractivity contribution >= 4 is 34.2 Å². The first-order valence-electron chi connectivity index (χ1n) is 11.2. The van der Waals surface area contributed by atoms with Gasteiger partial charge in [0.2, 0.25) is 0 Å². The zero-order chi connectivity index (χ0) is 25.7. The fourth-order valence-corrected chi connectivity index (χ4v) is 5.02. The first kappa shape index (κ1) is 25.3. The van der Waals surface area contributed by atoms with Crippen LogP contribution in [0.2, 0.25) is 5.15 Å². The monoisotopic (exact) mass is 520 g/mol. The maximum atomic E-state index is 12.5. The van der Waals surface area contributed by atoms with Gasteiger partial charge in [0, 0.05) is 26.2 Å². The van der Waals surface area contributed by atoms with E-state index in [1.807, 2.05) is 60.7 Å². The Morgan fingerprint density at radius 2 is 1.61 bits per heavy atom. The Bertz CT molecular complexity index is 1510. The molecule has 7 nitrogen and oxygen atoms in total. The maximum Gasteiger partial charge on any atom is 0.283 e. The molecule has 0 N–H and O–H groups in total. The molecule has 9 heteroatoms. The largest absolute Gasteiger partial charge is 0.368 e. The van der Waals surface area contributed by atoms with Gasteiger partial charge >= 0.3 is 0 Å². The van der Waals surface area contributed by atoms with E-state index in [0.29, 0.717) is 24.5 Å². The van der Waals surface area contributed by atoms with E-state index < -0.39 is 10.0 Å². The number of hydrogen-bond donors (Lipinski definition) is 0. The van der Waals surface area contributed by atoms with Crippen molar-refractivity contribution in [3.63, 3.8) is 0 Å². The fourth-order valence-electron chi connectivity index (χ4n) is 3.81. The van der Waals surface area contributed by atoms with Gasteiger partial charge in [0.1, 0.15) is 17.9 Å². The summed E-state index contributed by atoms with van der Waals surface area (Å²) in [6.45, 7) is 0.402. The van der Waals surface area contributed by atoms with Crippen molar-refractivity contribution in [1.82, 2.24) is 14.5 Å². The third-order valence-electron chi connectivity index (χ3n) is 5.46. The first-order valence-corrected chi connectivity index (χ1v) is 13.0. The van der Waals surface area contributed by atoms with Gasteiger partial charge < -0.3 is 9.47 Å². The number of rotatable bonds is 9. The Hall–Kier alpha value is -3.75. The lowest BCUT2D eigenvalue weighted by Gasteiger charge is -2.12. The molecular weight excluding hydrogens is 496 g/mol. The lowest BCUT2D eigenvalue weighted by atomic mass is 10.0. The van der Waals surface area contributed by atoms with Crippen LogP contribution < -0.4 is 0 Å². The molecule has 0 aliphatic rings. The second kappa shape index (κ2) is 10.9. The van der Waals surface area contributed by atoms with Crippen LogP contribution in [0.1, 0.15) is 27.2 Å². The average Bonchev–Trinajstić information content (AvgIpc) is 3.18. The summed E-state index contributed by atoms with van der Waals surface area (Å²) in [5.74, 6) is 0.615. The summed E-state index contributed by atoms with van der Waals surface area (Å²) < 4.78 is 30.6. The third-order valence-corrected chi connectivity index (χ3v) is 6.96. The molecule has 0 radical (unpaired) electrons. The van der Waals surface area contributed by atoms with Crippen molar-refractivity contribution in [3.05, 3.63) is 106 Å². The highest BCUT2D eigenvalue weighted by Gasteiger charge is 2.17. The lowest BCUT2D eigenvalue weighted by Crippen LogP contribution is -2.10. The molecule has 0 aliphatic heterocycles. The number of halogens is 1. The van der Waals surface area contributed by atoms with Gasteiger partial charge in [-0.25, -0.2) is 4.98 Å². The van der Waals surface area contributed by atoms with E-state index in [1.54, 1.807) is 35.7 Å². The van der Waals surface area contributed by atoms with E-state index in [-0.39, 0.29) is 10.0 Å². The summed E-state index contributed by atoms with van der Waals surface area (Å²) in [7, 11) is -0.365. The summed E-state index contributed by atoms with van der Waals surface area (Å²) in [6.07, 6.45) is 2.52. The van der Waals surface area contributed by atoms with E-state index in [0.717, 1.165) is 28.5 Å². The summed E-state index contributed by atoms with van der Waals surface area (Å²) in [6, 6.07) is 24.3. The first-order chi connectivity index (χ1) is 17.3. The molecular formula is C27H25ClN4O3S. The van der Waals surface area contributed by atoms with Gasteiger partial charge in [-0.1, -0.05) is 78.3 Å². The van der Waals surface area contributed by atoms with Crippen LogP contribution in [0, 0.1) is 0 Å². The second-order valence-electron chi connectivity index (χ2n) is 8.49. The summed E-state index contributed by atoms with van der Waals surface area (Å²) >= 11 is 6.27. The molecule has 36 heavy (non-hydrogen) atoms. The highest BCUT2D eigenvalue weighted by molar-refractivity contribution is 7.90. The van der Waals surface area contributed by atoms with Crippen molar-refractivity contribution in [1.29, 1.82) is 0 Å². The Balaban J connectivity index is 1.61. The topological polar surface area (TPSA) is 84.6 Å². The van der Waals surface area contributed by atoms with Gasteiger partial charge in [-0.3, -0.25) is 4.79 Å². The van der Waals surface area contributed by atoms with Crippen molar-refractivity contribution < 1.29 is 13.2 Å². The van der Waals surface area contributed by atoms with Crippen LogP contribution >= 0.6 is 11.6 Å². The summed E-state index contributed by atoms with van der Waals surface area (Å²) in [5, 5.41) is 0.162. The minimum Gasteiger partial charge on any atom is -0.368 e. The van der Waals surface area contributed by atoms with Crippen LogP contribution in [0.3, 0.4) is 0 Å². The molecule has 0 spiro atoms. The normalized spacial score (nSPS) is 11.6. The number of aldehydes is 1. The molecule has 0 saturated heterocycles. The molecule has 0 saturated carbocycles. The molecule has 184 valence electrons. The van der Waals surface area contributed by atoms with Crippen molar-refractivity contribution in [2.45, 2.75) is 17.9 Å². The Labute approximate surface area is 215 Å². The second-order valence-corrected chi connectivity index (χ2v) is 10.5. The number of sulfonamides is 1. The number of imidazole rings is 1. The van der Waals surface area contributed by atoms with Gasteiger partial charge in [0.25, 0.3) is 10.0 Å². The highest BCUT2D eigenvalue weighted by Crippen LogP contribution is 2.26. The number of carbonyl (C=O) groups is 1. The number of benzene rings is 3. The van der Waals surface area contributed by atoms with E-state index in [9.17, 15) is 13.2 Å². The SMILES string of the molecule is CN(C)C=NS(=O)(=O)c1cccc(Cc2cccc(Cn3c(-c4ccccc4)nc(Cl)c3C=O)c2)c1. The van der Waals surface area contributed by atoms with Crippen LogP contribution in [-0.4, -0.2) is 49.6 Å². The number of carbonyl (C=O) groups excluding carboxylic acids is 1. The van der Waals surface area contributed by atoms with Crippen molar-refractivity contribution in [3.8, 4) is 11.4 Å². The molecule has 1 aromatic heterocycles. The van der Waals surface area contributed by atoms with Crippen LogP contribution in [-0.2, 0) is 23.0 Å². The smallest absolute Gasteiger partial charge is 0.283 e. The van der Waals surface area contributed by atoms with E-state index in [2.05, 4.69) is 9.38 Å². The Morgan fingerprint density at radius 3 is 2.31 bits per heavy atom. The molecule has 0 atom stereocenters. The standard InChI is InChI=1S/C27H25ClN4O3S/c1-31(2)19-29-36(34,35)24-13-7-9-21(16-24)14-20-8-6-10-22(15-20)17-32-25(18-33)26(28)30-27(32)23-11-4-3-5-12-23/h3-13,15-16,18-19H,14,17H2,1-2H3. The zero-order valence-electron chi connectivity index (χ0n) is 19.9. The van der Waals surface area contributed by atoms with Crippen molar-refractivity contribution in [2.24, 2.45) is 4.40 Å². The molecule has 3 aromatic carbocycles. The zero-order valence-corrected chi connectivity index (χ0v) is 21.4. The number of hydrogen-bond acceptors (Lipinski definition) is 4. The van der Waals surface area contributed by atoms with Crippen LogP contribution in [0.25, 0.3) is 11.4 Å². The van der Waals surface area contributed by atoms with E-state index in [4.69, 9.17) is 11.6 Å². The molecule has 0 amide bonds. The molecule has 4 rings (SSSR count). The highest BCUT2D eigenvalue weighted by atomic mass is 35.5. The van der Waals surface area contributed by atoms with Gasteiger partial charge in [0.15, 0.2) is 11.4 Å². The molecule has 1 heterocycles. The summed E-state index contributed by atoms with van der Waals surface area (Å²) in [4.78, 5) is 17.9. The van der Waals surface area contributed by atoms with Crippen LogP contribution in [0.5, 0.6) is 0 Å². The quantitative estimate of drug-likeness (QED) is 0.177. The van der Waals surface area contributed by atoms with Gasteiger partial charge in [0.05, 0.1) is 4.90 Å². The molecule has 0 unspecified atom stereocenters.